The van der Waals surface area contributed by atoms with Gasteiger partial charge in [0.1, 0.15) is 0 Å². The Balaban J connectivity index is 1.93. The number of nitrogens with one attached hydrogen (secondary N) is 1. The number of hydrogen-bond acceptors (Lipinski definition) is 2. The third-order valence-corrected chi connectivity index (χ3v) is 2.93. The smallest absolute Gasteiger partial charge is 0.223 e. The van der Waals surface area contributed by atoms with E-state index in [1.165, 1.54) is 0 Å². The molecule has 0 radical (unpaired) electrons. The molecule has 0 heterocycles. The Kier molecular flexibility index (Phi) is 3.25. The number of rotatable bonds is 4. The number of carbonyl (C=O) groups excluding carboxylic acids is 1. The molecule has 2 rings (SSSR count). The Morgan fingerprint density at radius 1 is 1.38 bits per heavy atom. The summed E-state index contributed by atoms with van der Waals surface area (Å²) in [6.45, 7) is 1.83. The first-order chi connectivity index (χ1) is 7.68. The second kappa shape index (κ2) is 4.66. The van der Waals surface area contributed by atoms with E-state index in [-0.39, 0.29) is 17.9 Å². The van der Waals surface area contributed by atoms with E-state index in [2.05, 4.69) is 5.32 Å². The molecular weight excluding hydrogens is 202 g/mol. The van der Waals surface area contributed by atoms with E-state index in [1.54, 1.807) is 0 Å². The van der Waals surface area contributed by atoms with Crippen LogP contribution in [0.1, 0.15) is 31.4 Å². The van der Waals surface area contributed by atoms with Crippen LogP contribution in [0.4, 0.5) is 0 Å². The lowest BCUT2D eigenvalue weighted by Gasteiger charge is -2.20. The van der Waals surface area contributed by atoms with Gasteiger partial charge in [0.05, 0.1) is 12.1 Å². The van der Waals surface area contributed by atoms with Crippen LogP contribution in [0.2, 0.25) is 0 Å². The van der Waals surface area contributed by atoms with E-state index in [0.717, 1.165) is 18.4 Å². The molecule has 3 nitrogen and oxygen atoms in total. The molecule has 1 aliphatic rings. The second-order valence-corrected chi connectivity index (χ2v) is 4.43. The number of aliphatic hydroxyl groups excluding tert-OH is 1. The lowest BCUT2D eigenvalue weighted by molar-refractivity contribution is -0.123. The molecule has 1 aromatic carbocycles. The summed E-state index contributed by atoms with van der Waals surface area (Å²) in [5, 5.41) is 12.9. The molecule has 0 saturated heterocycles. The fourth-order valence-corrected chi connectivity index (χ4v) is 1.71. The first-order valence-corrected chi connectivity index (χ1v) is 5.72. The number of aliphatic hydroxyl groups is 1. The highest BCUT2D eigenvalue weighted by Crippen LogP contribution is 2.29. The summed E-state index contributed by atoms with van der Waals surface area (Å²) >= 11 is 0. The Morgan fingerprint density at radius 3 is 2.56 bits per heavy atom. The molecule has 86 valence electrons. The monoisotopic (exact) mass is 219 g/mol. The molecule has 2 N–H and O–H groups in total. The quantitative estimate of drug-likeness (QED) is 0.808. The van der Waals surface area contributed by atoms with Gasteiger partial charge in [-0.05, 0) is 25.3 Å². The van der Waals surface area contributed by atoms with Gasteiger partial charge in [-0.2, -0.15) is 0 Å². The van der Waals surface area contributed by atoms with Crippen molar-refractivity contribution in [1.82, 2.24) is 5.32 Å². The standard InChI is InChI=1S/C13H17NO2/c1-9(14-13(16)11-7-8-11)12(15)10-5-3-2-4-6-10/h2-6,9,11-12,15H,7-8H2,1H3,(H,14,16)/t9-,12+/m0/s1. The molecule has 0 spiro atoms. The van der Waals surface area contributed by atoms with Gasteiger partial charge in [0, 0.05) is 5.92 Å². The number of amides is 1. The zero-order chi connectivity index (χ0) is 11.5. The molecule has 1 aliphatic carbocycles. The van der Waals surface area contributed by atoms with Crippen LogP contribution in [0.15, 0.2) is 30.3 Å². The minimum absolute atomic E-state index is 0.0717. The van der Waals surface area contributed by atoms with Crippen molar-refractivity contribution in [3.63, 3.8) is 0 Å². The third-order valence-electron chi connectivity index (χ3n) is 2.93. The molecule has 3 heteroatoms. The second-order valence-electron chi connectivity index (χ2n) is 4.43. The minimum Gasteiger partial charge on any atom is -0.386 e. The fourth-order valence-electron chi connectivity index (χ4n) is 1.71. The maximum absolute atomic E-state index is 11.5. The molecule has 16 heavy (non-hydrogen) atoms. The van der Waals surface area contributed by atoms with E-state index >= 15 is 0 Å². The van der Waals surface area contributed by atoms with Gasteiger partial charge in [-0.3, -0.25) is 4.79 Å². The van der Waals surface area contributed by atoms with Crippen LogP contribution in [0.25, 0.3) is 0 Å². The summed E-state index contributed by atoms with van der Waals surface area (Å²) in [6.07, 6.45) is 1.34. The van der Waals surface area contributed by atoms with Crippen LogP contribution in [0, 0.1) is 5.92 Å². The van der Waals surface area contributed by atoms with E-state index in [0.29, 0.717) is 0 Å². The molecule has 2 atom stereocenters. The average molecular weight is 219 g/mol. The van der Waals surface area contributed by atoms with Gasteiger partial charge < -0.3 is 10.4 Å². The van der Waals surface area contributed by atoms with Gasteiger partial charge >= 0.3 is 0 Å². The molecule has 1 fully saturated rings. The van der Waals surface area contributed by atoms with Crippen LogP contribution < -0.4 is 5.32 Å². The zero-order valence-electron chi connectivity index (χ0n) is 9.39. The molecule has 0 unspecified atom stereocenters. The predicted molar refractivity (Wildman–Crippen MR) is 61.7 cm³/mol. The summed E-state index contributed by atoms with van der Waals surface area (Å²) in [7, 11) is 0. The summed E-state index contributed by atoms with van der Waals surface area (Å²) < 4.78 is 0. The first-order valence-electron chi connectivity index (χ1n) is 5.72. The van der Waals surface area contributed by atoms with Gasteiger partial charge in [-0.15, -0.1) is 0 Å². The van der Waals surface area contributed by atoms with E-state index < -0.39 is 6.10 Å². The average Bonchev–Trinajstić information content (AvgIpc) is 3.13. The highest BCUT2D eigenvalue weighted by atomic mass is 16.3. The van der Waals surface area contributed by atoms with Gasteiger partial charge in [-0.1, -0.05) is 30.3 Å². The van der Waals surface area contributed by atoms with Crippen LogP contribution in [0.3, 0.4) is 0 Å². The Bertz CT molecular complexity index is 359. The maximum atomic E-state index is 11.5. The zero-order valence-corrected chi connectivity index (χ0v) is 9.39. The summed E-state index contributed by atoms with van der Waals surface area (Å²) in [4.78, 5) is 11.5. The normalized spacial score (nSPS) is 18.9. The minimum atomic E-state index is -0.635. The SMILES string of the molecule is C[C@H](NC(=O)C1CC1)[C@@H](O)c1ccccc1. The lowest BCUT2D eigenvalue weighted by Crippen LogP contribution is -2.37. The number of benzene rings is 1. The van der Waals surface area contributed by atoms with Crippen LogP contribution in [-0.4, -0.2) is 17.1 Å². The highest BCUT2D eigenvalue weighted by molar-refractivity contribution is 5.81. The third kappa shape index (κ3) is 2.61. The van der Waals surface area contributed by atoms with Crippen molar-refractivity contribution in [1.29, 1.82) is 0 Å². The highest BCUT2D eigenvalue weighted by Gasteiger charge is 2.31. The van der Waals surface area contributed by atoms with Crippen molar-refractivity contribution < 1.29 is 9.90 Å². The van der Waals surface area contributed by atoms with Gasteiger partial charge in [0.25, 0.3) is 0 Å². The number of hydrogen-bond donors (Lipinski definition) is 2. The molecule has 0 aliphatic heterocycles. The molecule has 1 saturated carbocycles. The van der Waals surface area contributed by atoms with Crippen molar-refractivity contribution in [3.8, 4) is 0 Å². The van der Waals surface area contributed by atoms with Crippen LogP contribution in [-0.2, 0) is 4.79 Å². The van der Waals surface area contributed by atoms with Crippen molar-refractivity contribution in [3.05, 3.63) is 35.9 Å². The summed E-state index contributed by atoms with van der Waals surface area (Å²) in [6, 6.07) is 9.16. The topological polar surface area (TPSA) is 49.3 Å². The van der Waals surface area contributed by atoms with Crippen LogP contribution in [0.5, 0.6) is 0 Å². The van der Waals surface area contributed by atoms with E-state index in [1.807, 2.05) is 37.3 Å². The Morgan fingerprint density at radius 2 is 2.00 bits per heavy atom. The maximum Gasteiger partial charge on any atom is 0.223 e. The van der Waals surface area contributed by atoms with Crippen molar-refractivity contribution in [2.75, 3.05) is 0 Å². The van der Waals surface area contributed by atoms with Gasteiger partial charge in [0.2, 0.25) is 5.91 Å². The Hall–Kier alpha value is -1.35. The van der Waals surface area contributed by atoms with E-state index in [4.69, 9.17) is 0 Å². The fraction of sp³-hybridized carbons (Fsp3) is 0.462. The van der Waals surface area contributed by atoms with Crippen LogP contribution >= 0.6 is 0 Å². The largest absolute Gasteiger partial charge is 0.386 e. The van der Waals surface area contributed by atoms with Gasteiger partial charge in [0.15, 0.2) is 0 Å². The molecule has 1 amide bonds. The van der Waals surface area contributed by atoms with Crippen molar-refractivity contribution in [2.24, 2.45) is 5.92 Å². The Labute approximate surface area is 95.5 Å². The molecular formula is C13H17NO2. The summed E-state index contributed by atoms with van der Waals surface area (Å²) in [5.74, 6) is 0.257. The van der Waals surface area contributed by atoms with Crippen molar-refractivity contribution >= 4 is 5.91 Å². The summed E-state index contributed by atoms with van der Waals surface area (Å²) in [5.41, 5.74) is 0.839. The molecule has 0 bridgehead atoms. The molecule has 1 aromatic rings. The van der Waals surface area contributed by atoms with Gasteiger partial charge in [-0.25, -0.2) is 0 Å². The van der Waals surface area contributed by atoms with Crippen molar-refractivity contribution in [2.45, 2.75) is 31.9 Å². The van der Waals surface area contributed by atoms with E-state index in [9.17, 15) is 9.90 Å². The number of carbonyl (C=O) groups is 1. The predicted octanol–water partition coefficient (Wildman–Crippen LogP) is 1.63. The lowest BCUT2D eigenvalue weighted by atomic mass is 10.0. The first kappa shape index (κ1) is 11.1. The molecule has 0 aromatic heterocycles.